The smallest absolute Gasteiger partial charge is 0.265 e. The van der Waals surface area contributed by atoms with Gasteiger partial charge in [-0.05, 0) is 47.7 Å². The number of para-hydroxylation sites is 2. The third-order valence-corrected chi connectivity index (χ3v) is 6.66. The lowest BCUT2D eigenvalue weighted by molar-refractivity contribution is 0.414. The molecule has 0 bridgehead atoms. The molecule has 0 saturated heterocycles. The minimum atomic E-state index is -0.164. The van der Waals surface area contributed by atoms with E-state index >= 15 is 0 Å². The van der Waals surface area contributed by atoms with Crippen molar-refractivity contribution in [2.75, 3.05) is 7.11 Å². The van der Waals surface area contributed by atoms with Crippen LogP contribution in [0.25, 0.3) is 33.2 Å². The molecule has 0 radical (unpaired) electrons. The average Bonchev–Trinajstić information content (AvgIpc) is 3.52. The van der Waals surface area contributed by atoms with Gasteiger partial charge in [-0.1, -0.05) is 30.3 Å². The van der Waals surface area contributed by atoms with Crippen LogP contribution in [-0.2, 0) is 13.0 Å². The molecule has 0 aliphatic rings. The van der Waals surface area contributed by atoms with Gasteiger partial charge in [-0.15, -0.1) is 11.3 Å². The summed E-state index contributed by atoms with van der Waals surface area (Å²) >= 11 is 1.58. The Labute approximate surface area is 203 Å². The summed E-state index contributed by atoms with van der Waals surface area (Å²) in [7, 11) is 1.64. The van der Waals surface area contributed by atoms with E-state index in [1.807, 2.05) is 66.0 Å². The van der Waals surface area contributed by atoms with Gasteiger partial charge in [-0.2, -0.15) is 9.78 Å². The molecule has 0 atom stereocenters. The largest absolute Gasteiger partial charge is 0.497 e. The Bertz CT molecular complexity index is 1750. The van der Waals surface area contributed by atoms with Gasteiger partial charge in [0, 0.05) is 11.4 Å². The molecule has 172 valence electrons. The molecule has 2 aromatic carbocycles. The summed E-state index contributed by atoms with van der Waals surface area (Å²) in [6.07, 6.45) is 4.00. The van der Waals surface area contributed by atoms with E-state index in [4.69, 9.17) is 14.7 Å². The number of rotatable bonds is 6. The molecule has 6 aromatic rings. The predicted molar refractivity (Wildman–Crippen MR) is 139 cm³/mol. The minimum absolute atomic E-state index is 0.164. The van der Waals surface area contributed by atoms with Gasteiger partial charge in [0.15, 0.2) is 11.3 Å². The number of hydrogen-bond acceptors (Lipinski definition) is 7. The Balaban J connectivity index is 1.49. The molecule has 0 N–H and O–H groups in total. The van der Waals surface area contributed by atoms with Crippen molar-refractivity contribution in [2.24, 2.45) is 5.10 Å². The monoisotopic (exact) mass is 480 g/mol. The summed E-state index contributed by atoms with van der Waals surface area (Å²) in [5.74, 6) is 0.802. The molecule has 8 nitrogen and oxygen atoms in total. The maximum absolute atomic E-state index is 13.6. The molecule has 0 spiro atoms. The van der Waals surface area contributed by atoms with Crippen LogP contribution in [0.2, 0.25) is 0 Å². The molecule has 9 heteroatoms. The molecule has 0 amide bonds. The van der Waals surface area contributed by atoms with Crippen molar-refractivity contribution < 1.29 is 4.74 Å². The number of methoxy groups -OCH3 is 1. The van der Waals surface area contributed by atoms with Crippen LogP contribution in [0.5, 0.6) is 5.75 Å². The maximum atomic E-state index is 13.6. The van der Waals surface area contributed by atoms with Crippen LogP contribution >= 0.6 is 11.3 Å². The standard InChI is InChI=1S/C26H20N6O2S/c1-34-18-10-8-17(9-11-18)12-13-31-16-27-24-22(26(31)33)23-25(30-21-7-3-2-6-20(21)29-23)32(24)28-15-19-5-4-14-35-19/h2-11,14-16H,12-13H2,1H3/b28-15-. The number of fused-ring (bicyclic) bond motifs is 4. The van der Waals surface area contributed by atoms with Gasteiger partial charge in [0.05, 0.1) is 30.7 Å². The first-order valence-corrected chi connectivity index (χ1v) is 12.0. The molecule has 6 rings (SSSR count). The van der Waals surface area contributed by atoms with Gasteiger partial charge in [0.2, 0.25) is 0 Å². The summed E-state index contributed by atoms with van der Waals surface area (Å²) in [5.41, 5.74) is 3.83. The summed E-state index contributed by atoms with van der Waals surface area (Å²) in [6, 6.07) is 19.4. The van der Waals surface area contributed by atoms with Crippen molar-refractivity contribution in [1.29, 1.82) is 0 Å². The molecule has 0 aliphatic carbocycles. The van der Waals surface area contributed by atoms with Crippen LogP contribution in [-0.4, -0.2) is 37.5 Å². The predicted octanol–water partition coefficient (Wildman–Crippen LogP) is 4.49. The van der Waals surface area contributed by atoms with Crippen LogP contribution in [0.4, 0.5) is 0 Å². The van der Waals surface area contributed by atoms with E-state index in [0.29, 0.717) is 40.7 Å². The van der Waals surface area contributed by atoms with Crippen molar-refractivity contribution in [3.05, 3.63) is 93.2 Å². The van der Waals surface area contributed by atoms with Gasteiger partial charge >= 0.3 is 0 Å². The van der Waals surface area contributed by atoms with Gasteiger partial charge < -0.3 is 4.74 Å². The molecule has 0 fully saturated rings. The molecular formula is C26H20N6O2S. The quantitative estimate of drug-likeness (QED) is 0.328. The highest BCUT2D eigenvalue weighted by molar-refractivity contribution is 7.11. The fourth-order valence-corrected chi connectivity index (χ4v) is 4.62. The molecule has 0 aliphatic heterocycles. The minimum Gasteiger partial charge on any atom is -0.497 e. The van der Waals surface area contributed by atoms with Crippen molar-refractivity contribution in [1.82, 2.24) is 24.2 Å². The Morgan fingerprint density at radius 1 is 1.00 bits per heavy atom. The third-order valence-electron chi connectivity index (χ3n) is 5.85. The van der Waals surface area contributed by atoms with E-state index in [1.165, 1.54) is 0 Å². The van der Waals surface area contributed by atoms with Crippen molar-refractivity contribution in [2.45, 2.75) is 13.0 Å². The molecule has 0 unspecified atom stereocenters. The van der Waals surface area contributed by atoms with Crippen LogP contribution in [0.3, 0.4) is 0 Å². The van der Waals surface area contributed by atoms with E-state index in [-0.39, 0.29) is 5.56 Å². The van der Waals surface area contributed by atoms with E-state index in [2.05, 4.69) is 10.1 Å². The van der Waals surface area contributed by atoms with E-state index in [9.17, 15) is 4.79 Å². The Kier molecular flexibility index (Phi) is 5.31. The van der Waals surface area contributed by atoms with Gasteiger partial charge in [-0.25, -0.2) is 15.0 Å². The van der Waals surface area contributed by atoms with Crippen LogP contribution in [0, 0.1) is 0 Å². The number of aryl methyl sites for hydroxylation is 2. The van der Waals surface area contributed by atoms with Crippen molar-refractivity contribution in [3.63, 3.8) is 0 Å². The number of thiophene rings is 1. The third kappa shape index (κ3) is 3.85. The first kappa shape index (κ1) is 21.2. The topological polar surface area (TPSA) is 87.2 Å². The average molecular weight is 481 g/mol. The van der Waals surface area contributed by atoms with E-state index in [0.717, 1.165) is 21.7 Å². The number of nitrogens with zero attached hydrogens (tertiary/aromatic N) is 6. The second-order valence-electron chi connectivity index (χ2n) is 8.00. The summed E-state index contributed by atoms with van der Waals surface area (Å²) in [6.45, 7) is 0.486. The first-order valence-electron chi connectivity index (χ1n) is 11.1. The number of ether oxygens (including phenoxy) is 1. The Morgan fingerprint density at radius 3 is 2.54 bits per heavy atom. The Morgan fingerprint density at radius 2 is 1.80 bits per heavy atom. The summed E-state index contributed by atoms with van der Waals surface area (Å²) in [5, 5.41) is 7.03. The normalized spacial score (nSPS) is 11.8. The van der Waals surface area contributed by atoms with Crippen LogP contribution < -0.4 is 10.3 Å². The van der Waals surface area contributed by atoms with E-state index in [1.54, 1.807) is 40.2 Å². The van der Waals surface area contributed by atoms with Gasteiger partial charge in [0.1, 0.15) is 16.7 Å². The fourth-order valence-electron chi connectivity index (χ4n) is 4.04. The second kappa shape index (κ2) is 8.77. The molecule has 0 saturated carbocycles. The zero-order chi connectivity index (χ0) is 23.8. The van der Waals surface area contributed by atoms with Crippen molar-refractivity contribution in [3.8, 4) is 5.75 Å². The number of benzene rings is 2. The highest BCUT2D eigenvalue weighted by Gasteiger charge is 2.19. The van der Waals surface area contributed by atoms with Crippen LogP contribution in [0.15, 0.2) is 82.3 Å². The first-order chi connectivity index (χ1) is 17.2. The number of hydrogen-bond donors (Lipinski definition) is 0. The molecule has 4 aromatic heterocycles. The van der Waals surface area contributed by atoms with E-state index < -0.39 is 0 Å². The fraction of sp³-hybridized carbons (Fsp3) is 0.115. The van der Waals surface area contributed by atoms with Gasteiger partial charge in [0.25, 0.3) is 5.56 Å². The highest BCUT2D eigenvalue weighted by atomic mass is 32.1. The maximum Gasteiger partial charge on any atom is 0.265 e. The zero-order valence-electron chi connectivity index (χ0n) is 18.8. The van der Waals surface area contributed by atoms with Gasteiger partial charge in [-0.3, -0.25) is 9.36 Å². The lowest BCUT2D eigenvalue weighted by Gasteiger charge is -2.06. The van der Waals surface area contributed by atoms with Crippen LogP contribution in [0.1, 0.15) is 10.4 Å². The summed E-state index contributed by atoms with van der Waals surface area (Å²) in [4.78, 5) is 28.8. The summed E-state index contributed by atoms with van der Waals surface area (Å²) < 4.78 is 8.46. The second-order valence-corrected chi connectivity index (χ2v) is 8.98. The SMILES string of the molecule is COc1ccc(CCn2cnc3c(c2=O)c2nc4ccccc4nc2n3/N=C\c2cccs2)cc1. The lowest BCUT2D eigenvalue weighted by Crippen LogP contribution is -2.21. The molecule has 4 heterocycles. The molecule has 35 heavy (non-hydrogen) atoms. The number of aromatic nitrogens is 5. The highest BCUT2D eigenvalue weighted by Crippen LogP contribution is 2.25. The van der Waals surface area contributed by atoms with Crippen molar-refractivity contribution >= 4 is 50.8 Å². The Hall–Kier alpha value is -4.37. The zero-order valence-corrected chi connectivity index (χ0v) is 19.6. The lowest BCUT2D eigenvalue weighted by atomic mass is 10.1. The molecular weight excluding hydrogens is 460 g/mol.